The van der Waals surface area contributed by atoms with E-state index < -0.39 is 17.8 Å². The number of carbonyl (C=O) groups is 3. The summed E-state index contributed by atoms with van der Waals surface area (Å²) in [6.45, 7) is 0. The van der Waals surface area contributed by atoms with Crippen LogP contribution < -0.4 is 5.84 Å². The lowest BCUT2D eigenvalue weighted by atomic mass is 10.1. The van der Waals surface area contributed by atoms with E-state index in [2.05, 4.69) is 5.10 Å². The Morgan fingerprint density at radius 1 is 1.32 bits per heavy atom. The number of nitrogens with two attached hydrogens (primary N) is 1. The second-order valence-electron chi connectivity index (χ2n) is 3.86. The molecule has 7 nitrogen and oxygen atoms in total. The minimum atomic E-state index is -0.782. The molecule has 1 aromatic rings. The van der Waals surface area contributed by atoms with Crippen LogP contribution in [0.4, 0.5) is 0 Å². The monoisotopic (exact) mass is 261 g/mol. The van der Waals surface area contributed by atoms with Gasteiger partial charge in [0.25, 0.3) is 11.8 Å². The molecule has 7 heteroatoms. The zero-order valence-corrected chi connectivity index (χ0v) is 9.91. The highest BCUT2D eigenvalue weighted by Gasteiger charge is 2.33. The van der Waals surface area contributed by atoms with Gasteiger partial charge in [-0.1, -0.05) is 12.1 Å². The topological polar surface area (TPSA) is 102 Å². The Morgan fingerprint density at radius 3 is 2.63 bits per heavy atom. The Kier molecular flexibility index (Phi) is 3.56. The van der Waals surface area contributed by atoms with E-state index in [4.69, 9.17) is 10.7 Å². The van der Waals surface area contributed by atoms with Crippen LogP contribution >= 0.6 is 0 Å². The van der Waals surface area contributed by atoms with Crippen molar-refractivity contribution in [3.05, 3.63) is 35.4 Å². The molecule has 1 fully saturated rings. The van der Waals surface area contributed by atoms with Gasteiger partial charge in [0.05, 0.1) is 11.8 Å². The van der Waals surface area contributed by atoms with Gasteiger partial charge in [0.1, 0.15) is 0 Å². The first-order valence-electron chi connectivity index (χ1n) is 5.53. The molecule has 2 amide bonds. The summed E-state index contributed by atoms with van der Waals surface area (Å²) in [6, 6.07) is 6.30. The number of benzene rings is 1. The normalized spacial score (nSPS) is 15.3. The highest BCUT2D eigenvalue weighted by molar-refractivity contribution is 6.03. The molecule has 2 N–H and O–H groups in total. The number of rotatable bonds is 3. The van der Waals surface area contributed by atoms with Crippen LogP contribution in [0, 0.1) is 0 Å². The van der Waals surface area contributed by atoms with Crippen molar-refractivity contribution in [2.24, 2.45) is 10.9 Å². The maximum Gasteiger partial charge on any atom is 0.363 e. The molecule has 0 aliphatic carbocycles. The summed E-state index contributed by atoms with van der Waals surface area (Å²) in [6.07, 6.45) is 1.49. The Labute approximate surface area is 108 Å². The molecule has 0 aromatic heterocycles. The van der Waals surface area contributed by atoms with Crippen LogP contribution in [0.15, 0.2) is 29.4 Å². The van der Waals surface area contributed by atoms with Crippen LogP contribution in [0.5, 0.6) is 0 Å². The number of carbonyl (C=O) groups excluding carboxylic acids is 3. The lowest BCUT2D eigenvalue weighted by molar-refractivity contribution is -0.172. The first-order chi connectivity index (χ1) is 9.11. The average Bonchev–Trinajstić information content (AvgIpc) is 2.71. The maximum absolute atomic E-state index is 11.8. The zero-order chi connectivity index (χ0) is 13.8. The molecule has 98 valence electrons. The third kappa shape index (κ3) is 2.76. The van der Waals surface area contributed by atoms with Gasteiger partial charge in [-0.05, 0) is 17.7 Å². The lowest BCUT2D eigenvalue weighted by Gasteiger charge is -2.12. The Bertz CT molecular complexity index is 552. The fourth-order valence-electron chi connectivity index (χ4n) is 1.63. The van der Waals surface area contributed by atoms with E-state index in [0.29, 0.717) is 10.6 Å². The van der Waals surface area contributed by atoms with Crippen molar-refractivity contribution >= 4 is 24.0 Å². The Hall–Kier alpha value is -2.70. The molecule has 1 aliphatic heterocycles. The van der Waals surface area contributed by atoms with Crippen LogP contribution in [0.2, 0.25) is 0 Å². The van der Waals surface area contributed by atoms with E-state index in [9.17, 15) is 14.4 Å². The summed E-state index contributed by atoms with van der Waals surface area (Å²) < 4.78 is 0. The molecule has 1 aromatic carbocycles. The summed E-state index contributed by atoms with van der Waals surface area (Å²) in [5, 5.41) is 3.84. The van der Waals surface area contributed by atoms with E-state index in [1.54, 1.807) is 12.1 Å². The Balaban J connectivity index is 2.13. The molecule has 0 bridgehead atoms. The van der Waals surface area contributed by atoms with Gasteiger partial charge in [-0.3, -0.25) is 9.59 Å². The van der Waals surface area contributed by atoms with Crippen molar-refractivity contribution in [2.45, 2.75) is 12.8 Å². The highest BCUT2D eigenvalue weighted by Crippen LogP contribution is 2.14. The molecule has 0 unspecified atom stereocenters. The Morgan fingerprint density at radius 2 is 2.00 bits per heavy atom. The van der Waals surface area contributed by atoms with Gasteiger partial charge in [0.2, 0.25) is 0 Å². The van der Waals surface area contributed by atoms with Gasteiger partial charge in [0.15, 0.2) is 0 Å². The standard InChI is InChI=1S/C12H11N3O4/c13-14-7-8-2-1-3-9(6-8)12(18)19-15-10(16)4-5-11(15)17/h1-3,6-7H,4-5,13H2. The first kappa shape index (κ1) is 12.7. The predicted molar refractivity (Wildman–Crippen MR) is 64.7 cm³/mol. The van der Waals surface area contributed by atoms with Crippen molar-refractivity contribution in [1.82, 2.24) is 5.06 Å². The number of nitrogens with zero attached hydrogens (tertiary/aromatic N) is 2. The summed E-state index contributed by atoms with van der Waals surface area (Å²) in [4.78, 5) is 39.2. The lowest BCUT2D eigenvalue weighted by Crippen LogP contribution is -2.32. The molecule has 1 aliphatic rings. The molecule has 1 heterocycles. The van der Waals surface area contributed by atoms with Crippen LogP contribution in [0.1, 0.15) is 28.8 Å². The molecule has 0 saturated carbocycles. The molecule has 19 heavy (non-hydrogen) atoms. The van der Waals surface area contributed by atoms with Gasteiger partial charge in [0, 0.05) is 12.8 Å². The molecular formula is C12H11N3O4. The van der Waals surface area contributed by atoms with E-state index in [-0.39, 0.29) is 18.4 Å². The number of imide groups is 1. The molecule has 0 radical (unpaired) electrons. The predicted octanol–water partition coefficient (Wildman–Crippen LogP) is 0.200. The van der Waals surface area contributed by atoms with Crippen molar-refractivity contribution in [2.75, 3.05) is 0 Å². The van der Waals surface area contributed by atoms with Gasteiger partial charge < -0.3 is 10.7 Å². The second-order valence-corrected chi connectivity index (χ2v) is 3.86. The summed E-state index contributed by atoms with van der Waals surface area (Å²) in [5.74, 6) is 3.20. The second kappa shape index (κ2) is 5.30. The van der Waals surface area contributed by atoms with Crippen LogP contribution in [0.25, 0.3) is 0 Å². The third-order valence-electron chi connectivity index (χ3n) is 2.53. The number of amides is 2. The average molecular weight is 261 g/mol. The number of hydrogen-bond donors (Lipinski definition) is 1. The van der Waals surface area contributed by atoms with Crippen molar-refractivity contribution in [1.29, 1.82) is 0 Å². The summed E-state index contributed by atoms with van der Waals surface area (Å²) in [7, 11) is 0. The number of hydrazone groups is 1. The van der Waals surface area contributed by atoms with Gasteiger partial charge in [-0.15, -0.1) is 5.06 Å². The smallest absolute Gasteiger partial charge is 0.325 e. The van der Waals surface area contributed by atoms with Crippen LogP contribution in [-0.4, -0.2) is 29.1 Å². The van der Waals surface area contributed by atoms with Gasteiger partial charge in [-0.25, -0.2) is 4.79 Å². The van der Waals surface area contributed by atoms with Crippen LogP contribution in [-0.2, 0) is 14.4 Å². The highest BCUT2D eigenvalue weighted by atomic mass is 16.7. The fraction of sp³-hybridized carbons (Fsp3) is 0.167. The van der Waals surface area contributed by atoms with E-state index in [1.165, 1.54) is 18.3 Å². The van der Waals surface area contributed by atoms with Gasteiger partial charge >= 0.3 is 5.97 Å². The number of hydrogen-bond acceptors (Lipinski definition) is 6. The largest absolute Gasteiger partial charge is 0.363 e. The summed E-state index contributed by atoms with van der Waals surface area (Å²) >= 11 is 0. The van der Waals surface area contributed by atoms with Gasteiger partial charge in [-0.2, -0.15) is 5.10 Å². The molecular weight excluding hydrogens is 250 g/mol. The molecule has 2 rings (SSSR count). The zero-order valence-electron chi connectivity index (χ0n) is 9.91. The van der Waals surface area contributed by atoms with E-state index in [0.717, 1.165) is 0 Å². The summed E-state index contributed by atoms with van der Waals surface area (Å²) in [5.41, 5.74) is 0.806. The fourth-order valence-corrected chi connectivity index (χ4v) is 1.63. The maximum atomic E-state index is 11.8. The van der Waals surface area contributed by atoms with Crippen molar-refractivity contribution in [3.8, 4) is 0 Å². The first-order valence-corrected chi connectivity index (χ1v) is 5.53. The number of hydroxylamine groups is 2. The van der Waals surface area contributed by atoms with Crippen molar-refractivity contribution in [3.63, 3.8) is 0 Å². The quantitative estimate of drug-likeness (QED) is 0.362. The van der Waals surface area contributed by atoms with Crippen molar-refractivity contribution < 1.29 is 19.2 Å². The van der Waals surface area contributed by atoms with E-state index in [1.807, 2.05) is 0 Å². The molecule has 0 spiro atoms. The minimum Gasteiger partial charge on any atom is -0.325 e. The third-order valence-corrected chi connectivity index (χ3v) is 2.53. The van der Waals surface area contributed by atoms with E-state index >= 15 is 0 Å². The van der Waals surface area contributed by atoms with Crippen LogP contribution in [0.3, 0.4) is 0 Å². The minimum absolute atomic E-state index is 0.0615. The molecule has 0 atom stereocenters. The SMILES string of the molecule is NN=Cc1cccc(C(=O)ON2C(=O)CCC2=O)c1. The molecule has 1 saturated heterocycles.